The van der Waals surface area contributed by atoms with Gasteiger partial charge in [0.15, 0.2) is 17.5 Å². The fraction of sp³-hybridized carbons (Fsp3) is 0.581. The van der Waals surface area contributed by atoms with Crippen LogP contribution in [0.1, 0.15) is 89.5 Å². The molecule has 17 nitrogen and oxygen atoms in total. The molecule has 6 rings (SSSR count). The average molecular weight is 872 g/mol. The van der Waals surface area contributed by atoms with Crippen LogP contribution in [0.15, 0.2) is 59.0 Å². The molecule has 4 N–H and O–H groups in total. The molecule has 4 aliphatic rings. The van der Waals surface area contributed by atoms with Crippen LogP contribution < -0.4 is 5.32 Å². The highest BCUT2D eigenvalue weighted by Gasteiger charge is 2.78. The van der Waals surface area contributed by atoms with E-state index in [9.17, 15) is 39.3 Å². The second-order valence-corrected chi connectivity index (χ2v) is 18.7. The molecule has 1 saturated heterocycles. The number of fused-ring (bicyclic) bond motifs is 5. The van der Waals surface area contributed by atoms with Gasteiger partial charge in [-0.05, 0) is 69.3 Å². The number of esters is 3. The molecule has 2 bridgehead atoms. The lowest BCUT2D eigenvalue weighted by Crippen LogP contribution is -2.82. The fourth-order valence-corrected chi connectivity index (χ4v) is 10.4. The summed E-state index contributed by atoms with van der Waals surface area (Å²) < 4.78 is 40.3. The van der Waals surface area contributed by atoms with E-state index in [1.54, 1.807) is 56.5 Å². The van der Waals surface area contributed by atoms with Crippen molar-refractivity contribution in [3.63, 3.8) is 0 Å². The van der Waals surface area contributed by atoms with E-state index in [-0.39, 0.29) is 29.7 Å². The van der Waals surface area contributed by atoms with E-state index in [0.29, 0.717) is 4.88 Å². The van der Waals surface area contributed by atoms with E-state index in [1.807, 2.05) is 0 Å². The summed E-state index contributed by atoms with van der Waals surface area (Å²) in [7, 11) is 1.06. The third-order valence-electron chi connectivity index (χ3n) is 12.6. The maximum atomic E-state index is 15.3. The van der Waals surface area contributed by atoms with Gasteiger partial charge in [0.05, 0.1) is 30.6 Å². The largest absolute Gasteiger partial charge is 0.508 e. The Bertz CT molecular complexity index is 2080. The van der Waals surface area contributed by atoms with Gasteiger partial charge in [0.1, 0.15) is 47.8 Å². The minimum atomic E-state index is -2.42. The summed E-state index contributed by atoms with van der Waals surface area (Å²) in [6, 6.07) is 9.65. The van der Waals surface area contributed by atoms with Crippen molar-refractivity contribution >= 4 is 47.3 Å². The molecule has 18 heteroatoms. The van der Waals surface area contributed by atoms with Gasteiger partial charge in [-0.15, -0.1) is 11.3 Å². The first-order chi connectivity index (χ1) is 28.4. The van der Waals surface area contributed by atoms with Crippen molar-refractivity contribution in [2.75, 3.05) is 13.7 Å². The van der Waals surface area contributed by atoms with Crippen LogP contribution in [0, 0.1) is 16.7 Å². The van der Waals surface area contributed by atoms with Crippen LogP contribution >= 0.6 is 11.3 Å². The van der Waals surface area contributed by atoms with Crippen molar-refractivity contribution in [3.05, 3.63) is 69.4 Å². The van der Waals surface area contributed by atoms with Crippen molar-refractivity contribution < 1.29 is 77.2 Å². The lowest BCUT2D eigenvalue weighted by atomic mass is 9.44. The molecule has 332 valence electrons. The van der Waals surface area contributed by atoms with E-state index >= 15 is 4.79 Å². The highest BCUT2D eigenvalue weighted by molar-refractivity contribution is 7.10. The Labute approximate surface area is 356 Å². The number of Topliss-reactive ketones (excluding diaryl/α,β-unsaturated/α-hetero) is 1. The molecule has 0 spiro atoms. The van der Waals surface area contributed by atoms with Gasteiger partial charge in [-0.25, -0.2) is 19.2 Å². The van der Waals surface area contributed by atoms with Crippen molar-refractivity contribution in [3.8, 4) is 0 Å². The first kappa shape index (κ1) is 45.6. The molecule has 2 aromatic rings. The van der Waals surface area contributed by atoms with E-state index in [1.165, 1.54) is 39.8 Å². The van der Waals surface area contributed by atoms with Crippen LogP contribution in [0.25, 0.3) is 0 Å². The minimum absolute atomic E-state index is 0.0473. The number of carbonyl (C=O) groups is 6. The summed E-state index contributed by atoms with van der Waals surface area (Å²) in [5.41, 5.74) is -8.87. The van der Waals surface area contributed by atoms with E-state index < -0.39 is 119 Å². The molecule has 1 aromatic carbocycles. The number of aliphatic hydroxyl groups is 3. The number of aliphatic hydroxyl groups excluding tert-OH is 2. The molecule has 3 fully saturated rings. The molecule has 1 aliphatic heterocycles. The zero-order valence-corrected chi connectivity index (χ0v) is 36.2. The first-order valence-corrected chi connectivity index (χ1v) is 20.7. The lowest BCUT2D eigenvalue weighted by molar-refractivity contribution is -0.346. The van der Waals surface area contributed by atoms with E-state index in [4.69, 9.17) is 33.2 Å². The SMILES string of the molecule is COC(=O)O[C@H]1C[C@H]2OC[C@@]2(OC(C)=O)C2C(OC(=O)c3ccccc3)[C@]3(O)C[C@H](OC(=O)[C@H](O)[C@@H](NC(=O)OC(C)(C)C)c4cccs4)C(C)=C([C@@H](O)C(=O)[C@@]21C)C3(C)C. The molecule has 61 heavy (non-hydrogen) atoms. The predicted molar refractivity (Wildman–Crippen MR) is 213 cm³/mol. The molecule has 2 unspecified atom stereocenters. The van der Waals surface area contributed by atoms with Crippen LogP contribution in [0.2, 0.25) is 0 Å². The first-order valence-electron chi connectivity index (χ1n) is 19.8. The summed E-state index contributed by atoms with van der Waals surface area (Å²) in [5.74, 6) is -5.58. The summed E-state index contributed by atoms with van der Waals surface area (Å²) in [4.78, 5) is 82.8. The van der Waals surface area contributed by atoms with Gasteiger partial charge in [0.2, 0.25) is 0 Å². The summed E-state index contributed by atoms with van der Waals surface area (Å²) >= 11 is 1.14. The molecule has 2 heterocycles. The molecule has 3 aliphatic carbocycles. The van der Waals surface area contributed by atoms with Crippen molar-refractivity contribution in [1.29, 1.82) is 0 Å². The number of alkyl carbamates (subject to hydrolysis) is 1. The zero-order valence-electron chi connectivity index (χ0n) is 35.4. The molecule has 1 amide bonds. The summed E-state index contributed by atoms with van der Waals surface area (Å²) in [6.07, 6.45) is -13.0. The Kier molecular flexibility index (Phi) is 12.3. The molecule has 2 saturated carbocycles. The van der Waals surface area contributed by atoms with Crippen LogP contribution in [-0.4, -0.2) is 118 Å². The maximum absolute atomic E-state index is 15.3. The highest BCUT2D eigenvalue weighted by atomic mass is 32.1. The third-order valence-corrected chi connectivity index (χ3v) is 13.6. The smallest absolute Gasteiger partial charge is 0.456 e. The number of hydrogen-bond acceptors (Lipinski definition) is 17. The summed E-state index contributed by atoms with van der Waals surface area (Å²) in [5, 5.41) is 41.8. The van der Waals surface area contributed by atoms with Crippen LogP contribution in [-0.2, 0) is 47.5 Å². The maximum Gasteiger partial charge on any atom is 0.508 e. The van der Waals surface area contributed by atoms with Gasteiger partial charge in [0, 0.05) is 30.1 Å². The molecule has 1 aromatic heterocycles. The van der Waals surface area contributed by atoms with Gasteiger partial charge in [0.25, 0.3) is 0 Å². The quantitative estimate of drug-likeness (QED) is 0.158. The number of thiophene rings is 1. The molecular formula is C43H53NO16S. The van der Waals surface area contributed by atoms with Crippen LogP contribution in [0.4, 0.5) is 9.59 Å². The molecule has 11 atom stereocenters. The number of rotatable bonds is 9. The Morgan fingerprint density at radius 3 is 2.23 bits per heavy atom. The number of methoxy groups -OCH3 is 1. The normalized spacial score (nSPS) is 32.5. The number of nitrogens with one attached hydrogen (secondary N) is 1. The number of benzene rings is 1. The zero-order chi connectivity index (χ0) is 45.0. The van der Waals surface area contributed by atoms with Gasteiger partial charge >= 0.3 is 30.2 Å². The van der Waals surface area contributed by atoms with Gasteiger partial charge < -0.3 is 53.8 Å². The lowest BCUT2D eigenvalue weighted by Gasteiger charge is -2.67. The van der Waals surface area contributed by atoms with Crippen molar-refractivity contribution in [2.24, 2.45) is 16.7 Å². The summed E-state index contributed by atoms with van der Waals surface area (Å²) in [6.45, 7) is 11.6. The molecular weight excluding hydrogens is 819 g/mol. The second kappa shape index (κ2) is 16.4. The number of ketones is 1. The Morgan fingerprint density at radius 2 is 1.67 bits per heavy atom. The average Bonchev–Trinajstić information content (AvgIpc) is 3.72. The van der Waals surface area contributed by atoms with Gasteiger partial charge in [-0.1, -0.05) is 38.1 Å². The van der Waals surface area contributed by atoms with Crippen molar-refractivity contribution in [1.82, 2.24) is 5.32 Å². The third kappa shape index (κ3) is 7.92. The van der Waals surface area contributed by atoms with Gasteiger partial charge in [-0.3, -0.25) is 9.59 Å². The van der Waals surface area contributed by atoms with Gasteiger partial charge in [-0.2, -0.15) is 0 Å². The van der Waals surface area contributed by atoms with Crippen molar-refractivity contribution in [2.45, 2.75) is 128 Å². The van der Waals surface area contributed by atoms with E-state index in [2.05, 4.69) is 5.32 Å². The fourth-order valence-electron chi connectivity index (χ4n) is 9.64. The number of hydrogen-bond donors (Lipinski definition) is 4. The predicted octanol–water partition coefficient (Wildman–Crippen LogP) is 4.11. The monoisotopic (exact) mass is 871 g/mol. The Morgan fingerprint density at radius 1 is 1.00 bits per heavy atom. The molecule has 0 radical (unpaired) electrons. The topological polar surface area (TPSA) is 240 Å². The highest BCUT2D eigenvalue weighted by Crippen LogP contribution is 2.64. The standard InChI is InChI=1S/C43H53NO16S/c1-21-24(56-36(50)31(47)29(25-16-13-17-61-25)44-37(51)60-39(3,4)5)19-43(53)34(58-35(49)23-14-11-10-12-15-23)32-41(8,33(48)30(46)28(21)40(43,6)7)26(57-38(52)54-9)18-27-42(32,20-55-27)59-22(2)45/h10-17,24,26-27,29-32,34,46-47,53H,18-20H2,1-9H3,(H,44,51)/t24-,26-,27+,29-,30+,31+,32?,34?,41+,42-,43+/m0/s1. The van der Waals surface area contributed by atoms with Crippen LogP contribution in [0.5, 0.6) is 0 Å². The Hall–Kier alpha value is -4.88. The second-order valence-electron chi connectivity index (χ2n) is 17.7. The minimum Gasteiger partial charge on any atom is -0.456 e. The van der Waals surface area contributed by atoms with E-state index in [0.717, 1.165) is 25.4 Å². The van der Waals surface area contributed by atoms with Crippen LogP contribution in [0.3, 0.4) is 0 Å². The number of carbonyl (C=O) groups excluding carboxylic acids is 6. The number of ether oxygens (including phenoxy) is 7. The number of amides is 1. The Balaban J connectivity index is 1.52.